The Morgan fingerprint density at radius 1 is 1.39 bits per heavy atom. The first-order valence-electron chi connectivity index (χ1n) is 4.95. The van der Waals surface area contributed by atoms with Gasteiger partial charge in [0.1, 0.15) is 0 Å². The number of rotatable bonds is 6. The third kappa shape index (κ3) is 3.46. The number of halogens is 2. The second kappa shape index (κ2) is 6.75. The first-order chi connectivity index (χ1) is 8.51. The lowest BCUT2D eigenvalue weighted by atomic mass is 10.2. The molecular formula is C11H10Br2O5. The average molecular weight is 382 g/mol. The van der Waals surface area contributed by atoms with Gasteiger partial charge in [-0.3, -0.25) is 4.79 Å². The lowest BCUT2D eigenvalue weighted by Gasteiger charge is -2.14. The summed E-state index contributed by atoms with van der Waals surface area (Å²) in [4.78, 5) is 21.4. The van der Waals surface area contributed by atoms with Crippen molar-refractivity contribution in [3.05, 3.63) is 20.6 Å². The Morgan fingerprint density at radius 3 is 2.56 bits per heavy atom. The lowest BCUT2D eigenvalue weighted by molar-refractivity contribution is -0.139. The Morgan fingerprint density at radius 2 is 2.06 bits per heavy atom. The largest absolute Gasteiger partial charge is 0.490 e. The van der Waals surface area contributed by atoms with Crippen LogP contribution in [0.15, 0.2) is 15.0 Å². The molecule has 0 saturated heterocycles. The molecule has 0 bridgehead atoms. The van der Waals surface area contributed by atoms with Gasteiger partial charge in [-0.15, -0.1) is 0 Å². The van der Waals surface area contributed by atoms with Crippen LogP contribution < -0.4 is 9.47 Å². The molecule has 0 amide bonds. The fourth-order valence-corrected chi connectivity index (χ4v) is 2.15. The van der Waals surface area contributed by atoms with Gasteiger partial charge in [-0.2, -0.15) is 0 Å². The van der Waals surface area contributed by atoms with Crippen molar-refractivity contribution in [3.8, 4) is 11.5 Å². The maximum atomic E-state index is 10.9. The number of carboxylic acids is 1. The molecule has 0 aromatic heterocycles. The van der Waals surface area contributed by atoms with Gasteiger partial charge < -0.3 is 14.6 Å². The number of aldehydes is 1. The molecule has 18 heavy (non-hydrogen) atoms. The Hall–Kier alpha value is -1.08. The van der Waals surface area contributed by atoms with E-state index in [0.29, 0.717) is 33.2 Å². The molecule has 0 aliphatic carbocycles. The molecule has 0 fully saturated rings. The van der Waals surface area contributed by atoms with Crippen molar-refractivity contribution in [2.75, 3.05) is 13.2 Å². The molecule has 0 saturated carbocycles. The SMILES string of the molecule is CCOc1cc(C=O)c(Br)c(Br)c1OCC(=O)O. The highest BCUT2D eigenvalue weighted by Crippen LogP contribution is 2.42. The normalized spacial score (nSPS) is 9.94. The van der Waals surface area contributed by atoms with Crippen LogP contribution >= 0.6 is 31.9 Å². The predicted octanol–water partition coefficient (Wildman–Crippen LogP) is 2.89. The first-order valence-corrected chi connectivity index (χ1v) is 6.54. The van der Waals surface area contributed by atoms with E-state index in [4.69, 9.17) is 14.6 Å². The Bertz CT molecular complexity index is 473. The highest BCUT2D eigenvalue weighted by atomic mass is 79.9. The monoisotopic (exact) mass is 380 g/mol. The molecule has 0 heterocycles. The van der Waals surface area contributed by atoms with Gasteiger partial charge in [0.05, 0.1) is 11.1 Å². The van der Waals surface area contributed by atoms with E-state index in [1.807, 2.05) is 0 Å². The number of aliphatic carboxylic acids is 1. The maximum absolute atomic E-state index is 10.9. The predicted molar refractivity (Wildman–Crippen MR) is 71.5 cm³/mol. The van der Waals surface area contributed by atoms with Crippen molar-refractivity contribution >= 4 is 44.1 Å². The van der Waals surface area contributed by atoms with Gasteiger partial charge in [-0.25, -0.2) is 4.79 Å². The van der Waals surface area contributed by atoms with Crippen LogP contribution in [0.25, 0.3) is 0 Å². The third-order valence-electron chi connectivity index (χ3n) is 1.92. The summed E-state index contributed by atoms with van der Waals surface area (Å²) in [5.74, 6) is -0.535. The van der Waals surface area contributed by atoms with Gasteiger partial charge in [-0.1, -0.05) is 0 Å². The topological polar surface area (TPSA) is 72.8 Å². The highest BCUT2D eigenvalue weighted by molar-refractivity contribution is 9.13. The van der Waals surface area contributed by atoms with Crippen molar-refractivity contribution in [1.82, 2.24) is 0 Å². The minimum absolute atomic E-state index is 0.247. The van der Waals surface area contributed by atoms with Crippen LogP contribution in [0.2, 0.25) is 0 Å². The zero-order chi connectivity index (χ0) is 13.7. The van der Waals surface area contributed by atoms with E-state index in [1.165, 1.54) is 6.07 Å². The number of ether oxygens (including phenoxy) is 2. The molecule has 1 rings (SSSR count). The van der Waals surface area contributed by atoms with E-state index in [1.54, 1.807) is 6.92 Å². The fourth-order valence-electron chi connectivity index (χ4n) is 1.22. The quantitative estimate of drug-likeness (QED) is 0.767. The minimum atomic E-state index is -1.10. The number of hydrogen-bond donors (Lipinski definition) is 1. The summed E-state index contributed by atoms with van der Waals surface area (Å²) < 4.78 is 11.4. The van der Waals surface area contributed by atoms with Crippen LogP contribution in [-0.2, 0) is 4.79 Å². The smallest absolute Gasteiger partial charge is 0.341 e. The van der Waals surface area contributed by atoms with Crippen LogP contribution in [0.3, 0.4) is 0 Å². The number of benzene rings is 1. The Labute approximate surface area is 120 Å². The molecule has 1 aromatic rings. The van der Waals surface area contributed by atoms with Crippen molar-refractivity contribution < 1.29 is 24.2 Å². The van der Waals surface area contributed by atoms with Crippen molar-refractivity contribution in [1.29, 1.82) is 0 Å². The van der Waals surface area contributed by atoms with Crippen molar-refractivity contribution in [2.24, 2.45) is 0 Å². The van der Waals surface area contributed by atoms with Gasteiger partial charge in [0, 0.05) is 10.0 Å². The van der Waals surface area contributed by atoms with E-state index in [0.717, 1.165) is 0 Å². The highest BCUT2D eigenvalue weighted by Gasteiger charge is 2.18. The summed E-state index contributed by atoms with van der Waals surface area (Å²) in [5.41, 5.74) is 0.382. The fraction of sp³-hybridized carbons (Fsp3) is 0.273. The molecule has 0 radical (unpaired) electrons. The van der Waals surface area contributed by atoms with E-state index in [2.05, 4.69) is 31.9 Å². The summed E-state index contributed by atoms with van der Waals surface area (Å²) >= 11 is 6.46. The third-order valence-corrected chi connectivity index (χ3v) is 4.07. The van der Waals surface area contributed by atoms with Crippen molar-refractivity contribution in [3.63, 3.8) is 0 Å². The molecule has 1 N–H and O–H groups in total. The molecule has 0 aliphatic rings. The lowest BCUT2D eigenvalue weighted by Crippen LogP contribution is -2.11. The van der Waals surface area contributed by atoms with Crippen molar-refractivity contribution in [2.45, 2.75) is 6.92 Å². The second-order valence-corrected chi connectivity index (χ2v) is 4.74. The van der Waals surface area contributed by atoms with E-state index in [-0.39, 0.29) is 5.75 Å². The summed E-state index contributed by atoms with van der Waals surface area (Å²) in [6, 6.07) is 1.49. The Kier molecular flexibility index (Phi) is 5.61. The molecule has 0 unspecified atom stereocenters. The Balaban J connectivity index is 3.23. The molecule has 5 nitrogen and oxygen atoms in total. The maximum Gasteiger partial charge on any atom is 0.341 e. The van der Waals surface area contributed by atoms with Crippen LogP contribution in [0.1, 0.15) is 17.3 Å². The number of carbonyl (C=O) groups excluding carboxylic acids is 1. The number of hydrogen-bond acceptors (Lipinski definition) is 4. The van der Waals surface area contributed by atoms with Gasteiger partial charge in [-0.05, 0) is 44.8 Å². The van der Waals surface area contributed by atoms with Gasteiger partial charge in [0.2, 0.25) is 0 Å². The average Bonchev–Trinajstić information content (AvgIpc) is 2.33. The zero-order valence-corrected chi connectivity index (χ0v) is 12.6. The van der Waals surface area contributed by atoms with E-state index >= 15 is 0 Å². The van der Waals surface area contributed by atoms with Crippen LogP contribution in [0, 0.1) is 0 Å². The molecule has 0 atom stereocenters. The van der Waals surface area contributed by atoms with Crippen LogP contribution in [0.5, 0.6) is 11.5 Å². The zero-order valence-electron chi connectivity index (χ0n) is 9.41. The molecule has 1 aromatic carbocycles. The summed E-state index contributed by atoms with van der Waals surface area (Å²) in [6.07, 6.45) is 0.665. The summed E-state index contributed by atoms with van der Waals surface area (Å²) in [7, 11) is 0. The van der Waals surface area contributed by atoms with Crippen LogP contribution in [-0.4, -0.2) is 30.6 Å². The van der Waals surface area contributed by atoms with E-state index in [9.17, 15) is 9.59 Å². The summed E-state index contributed by atoms with van der Waals surface area (Å²) in [5, 5.41) is 8.61. The number of carbonyl (C=O) groups is 2. The van der Waals surface area contributed by atoms with Gasteiger partial charge in [0.15, 0.2) is 24.4 Å². The molecule has 7 heteroatoms. The first kappa shape index (κ1) is 15.0. The van der Waals surface area contributed by atoms with E-state index < -0.39 is 12.6 Å². The minimum Gasteiger partial charge on any atom is -0.490 e. The molecule has 98 valence electrons. The summed E-state index contributed by atoms with van der Waals surface area (Å²) in [6.45, 7) is 1.65. The molecule has 0 aliphatic heterocycles. The molecule has 0 spiro atoms. The number of carboxylic acid groups (broad SMARTS) is 1. The van der Waals surface area contributed by atoms with Gasteiger partial charge >= 0.3 is 5.97 Å². The van der Waals surface area contributed by atoms with Crippen LogP contribution in [0.4, 0.5) is 0 Å². The second-order valence-electron chi connectivity index (χ2n) is 3.15. The van der Waals surface area contributed by atoms with Gasteiger partial charge in [0.25, 0.3) is 0 Å². The standard InChI is InChI=1S/C11H10Br2O5/c1-2-17-7-3-6(4-14)9(12)10(13)11(7)18-5-8(15)16/h3-4H,2,5H2,1H3,(H,15,16). The molecular weight excluding hydrogens is 372 g/mol.